The summed E-state index contributed by atoms with van der Waals surface area (Å²) in [6.07, 6.45) is -2.54. The van der Waals surface area contributed by atoms with Crippen LogP contribution in [0.4, 0.5) is 19.0 Å². The Hall–Kier alpha value is -2.77. The van der Waals surface area contributed by atoms with Gasteiger partial charge in [-0.3, -0.25) is 4.99 Å². The van der Waals surface area contributed by atoms with Gasteiger partial charge in [-0.05, 0) is 43.2 Å². The quantitative estimate of drug-likeness (QED) is 0.555. The van der Waals surface area contributed by atoms with Gasteiger partial charge in [0.25, 0.3) is 0 Å². The molecule has 0 atom stereocenters. The van der Waals surface area contributed by atoms with Gasteiger partial charge in [-0.2, -0.15) is 13.2 Å². The first kappa shape index (κ1) is 21.5. The summed E-state index contributed by atoms with van der Waals surface area (Å²) >= 11 is 0. The number of alkyl halides is 3. The number of nitrogens with one attached hydrogen (secondary N) is 2. The second-order valence-electron chi connectivity index (χ2n) is 6.17. The molecule has 2 rings (SSSR count). The van der Waals surface area contributed by atoms with E-state index in [1.54, 1.807) is 19.3 Å². The van der Waals surface area contributed by atoms with Crippen molar-refractivity contribution in [1.29, 1.82) is 0 Å². The van der Waals surface area contributed by atoms with Crippen LogP contribution < -0.4 is 15.5 Å². The van der Waals surface area contributed by atoms with Crippen molar-refractivity contribution >= 4 is 11.8 Å². The van der Waals surface area contributed by atoms with Gasteiger partial charge in [0, 0.05) is 39.4 Å². The largest absolute Gasteiger partial charge is 0.416 e. The number of benzene rings is 1. The molecular formula is C20H26F3N5. The van der Waals surface area contributed by atoms with Crippen LogP contribution in [0.1, 0.15) is 30.5 Å². The van der Waals surface area contributed by atoms with Crippen molar-refractivity contribution in [1.82, 2.24) is 15.6 Å². The fourth-order valence-corrected chi connectivity index (χ4v) is 2.71. The van der Waals surface area contributed by atoms with Crippen molar-refractivity contribution in [3.63, 3.8) is 0 Å². The van der Waals surface area contributed by atoms with Crippen LogP contribution in [0.2, 0.25) is 0 Å². The first-order valence-electron chi connectivity index (χ1n) is 9.17. The molecule has 152 valence electrons. The molecule has 1 heterocycles. The molecule has 1 aromatic carbocycles. The van der Waals surface area contributed by atoms with E-state index in [0.717, 1.165) is 36.6 Å². The van der Waals surface area contributed by atoms with Gasteiger partial charge in [0.2, 0.25) is 0 Å². The van der Waals surface area contributed by atoms with Gasteiger partial charge < -0.3 is 15.5 Å². The summed E-state index contributed by atoms with van der Waals surface area (Å²) in [4.78, 5) is 10.7. The number of anilines is 1. The third-order valence-electron chi connectivity index (χ3n) is 4.29. The Kier molecular flexibility index (Phi) is 7.66. The van der Waals surface area contributed by atoms with Crippen molar-refractivity contribution in [3.8, 4) is 0 Å². The Morgan fingerprint density at radius 3 is 2.25 bits per heavy atom. The van der Waals surface area contributed by atoms with E-state index >= 15 is 0 Å². The predicted octanol–water partition coefficient (Wildman–Crippen LogP) is 3.81. The number of aliphatic imine (C=N–C) groups is 1. The van der Waals surface area contributed by atoms with E-state index in [9.17, 15) is 13.2 Å². The number of halogens is 3. The highest BCUT2D eigenvalue weighted by atomic mass is 19.4. The lowest BCUT2D eigenvalue weighted by Crippen LogP contribution is -2.36. The van der Waals surface area contributed by atoms with Gasteiger partial charge in [0.05, 0.1) is 5.56 Å². The Labute approximate surface area is 163 Å². The summed E-state index contributed by atoms with van der Waals surface area (Å²) in [7, 11) is 1.61. The summed E-state index contributed by atoms with van der Waals surface area (Å²) in [5.74, 6) is 1.44. The van der Waals surface area contributed by atoms with Gasteiger partial charge in [-0.25, -0.2) is 4.98 Å². The molecule has 0 amide bonds. The van der Waals surface area contributed by atoms with Crippen LogP contribution in [0.5, 0.6) is 0 Å². The lowest BCUT2D eigenvalue weighted by atomic mass is 10.1. The first-order chi connectivity index (χ1) is 13.4. The molecule has 8 heteroatoms. The molecule has 5 nitrogen and oxygen atoms in total. The summed E-state index contributed by atoms with van der Waals surface area (Å²) in [5, 5.41) is 6.17. The maximum Gasteiger partial charge on any atom is 0.416 e. The first-order valence-corrected chi connectivity index (χ1v) is 9.17. The van der Waals surface area contributed by atoms with E-state index in [4.69, 9.17) is 0 Å². The summed E-state index contributed by atoms with van der Waals surface area (Å²) in [5.41, 5.74) is 0.857. The van der Waals surface area contributed by atoms with Crippen LogP contribution in [0, 0.1) is 0 Å². The molecule has 1 aromatic heterocycles. The monoisotopic (exact) mass is 393 g/mol. The number of nitrogens with zero attached hydrogens (tertiary/aromatic N) is 3. The third kappa shape index (κ3) is 6.14. The van der Waals surface area contributed by atoms with E-state index in [1.807, 2.05) is 12.1 Å². The number of hydrogen-bond donors (Lipinski definition) is 2. The minimum atomic E-state index is -4.35. The SMILES string of the molecule is CCN(CC)c1ccc(CNC(=NC)NCc2cccc(C(F)(F)F)c2)cn1. The van der Waals surface area contributed by atoms with Gasteiger partial charge in [-0.1, -0.05) is 18.2 Å². The number of aromatic nitrogens is 1. The second kappa shape index (κ2) is 9.96. The van der Waals surface area contributed by atoms with Crippen LogP contribution in [0.15, 0.2) is 47.6 Å². The average Bonchev–Trinajstić information content (AvgIpc) is 2.69. The summed E-state index contributed by atoms with van der Waals surface area (Å²) < 4.78 is 38.4. The minimum absolute atomic E-state index is 0.239. The van der Waals surface area contributed by atoms with Crippen LogP contribution in [0.25, 0.3) is 0 Å². The normalized spacial score (nSPS) is 12.0. The van der Waals surface area contributed by atoms with Crippen LogP contribution in [0.3, 0.4) is 0 Å². The lowest BCUT2D eigenvalue weighted by molar-refractivity contribution is -0.137. The van der Waals surface area contributed by atoms with Crippen LogP contribution in [-0.4, -0.2) is 31.1 Å². The standard InChI is InChI=1S/C20H26F3N5/c1-4-28(5-2)18-10-9-16(13-25-18)14-27-19(24-3)26-12-15-7-6-8-17(11-15)20(21,22)23/h6-11,13H,4-5,12,14H2,1-3H3,(H2,24,26,27). The Morgan fingerprint density at radius 1 is 1.04 bits per heavy atom. The smallest absolute Gasteiger partial charge is 0.357 e. The van der Waals surface area contributed by atoms with Gasteiger partial charge >= 0.3 is 6.18 Å². The number of guanidine groups is 1. The highest BCUT2D eigenvalue weighted by molar-refractivity contribution is 5.79. The molecule has 2 N–H and O–H groups in total. The van der Waals surface area contributed by atoms with Crippen molar-refractivity contribution in [2.45, 2.75) is 33.1 Å². The zero-order chi connectivity index (χ0) is 20.6. The van der Waals surface area contributed by atoms with Crippen molar-refractivity contribution in [3.05, 3.63) is 59.3 Å². The van der Waals surface area contributed by atoms with E-state index < -0.39 is 11.7 Å². The molecule has 0 unspecified atom stereocenters. The minimum Gasteiger partial charge on any atom is -0.357 e. The predicted molar refractivity (Wildman–Crippen MR) is 106 cm³/mol. The van der Waals surface area contributed by atoms with E-state index in [-0.39, 0.29) is 6.54 Å². The van der Waals surface area contributed by atoms with E-state index in [0.29, 0.717) is 18.1 Å². The highest BCUT2D eigenvalue weighted by Crippen LogP contribution is 2.29. The zero-order valence-electron chi connectivity index (χ0n) is 16.3. The van der Waals surface area contributed by atoms with Gasteiger partial charge in [-0.15, -0.1) is 0 Å². The molecule has 0 saturated carbocycles. The molecule has 2 aromatic rings. The second-order valence-corrected chi connectivity index (χ2v) is 6.17. The highest BCUT2D eigenvalue weighted by Gasteiger charge is 2.30. The van der Waals surface area contributed by atoms with Crippen molar-refractivity contribution in [2.24, 2.45) is 4.99 Å². The Bertz CT molecular complexity index is 768. The topological polar surface area (TPSA) is 52.5 Å². The number of pyridine rings is 1. The molecule has 0 saturated heterocycles. The van der Waals surface area contributed by atoms with Crippen molar-refractivity contribution < 1.29 is 13.2 Å². The third-order valence-corrected chi connectivity index (χ3v) is 4.29. The molecule has 28 heavy (non-hydrogen) atoms. The molecular weight excluding hydrogens is 367 g/mol. The maximum absolute atomic E-state index is 12.8. The molecule has 0 radical (unpaired) electrons. The van der Waals surface area contributed by atoms with E-state index in [1.165, 1.54) is 6.07 Å². The Balaban J connectivity index is 1.90. The average molecular weight is 393 g/mol. The number of hydrogen-bond acceptors (Lipinski definition) is 3. The van der Waals surface area contributed by atoms with Crippen LogP contribution >= 0.6 is 0 Å². The number of rotatable bonds is 7. The fraction of sp³-hybridized carbons (Fsp3) is 0.400. The molecule has 0 spiro atoms. The zero-order valence-corrected chi connectivity index (χ0v) is 16.3. The summed E-state index contributed by atoms with van der Waals surface area (Å²) in [6, 6.07) is 9.21. The van der Waals surface area contributed by atoms with Gasteiger partial charge in [0.15, 0.2) is 5.96 Å². The van der Waals surface area contributed by atoms with Crippen LogP contribution in [-0.2, 0) is 19.3 Å². The molecule has 0 aliphatic heterocycles. The van der Waals surface area contributed by atoms with E-state index in [2.05, 4.69) is 39.4 Å². The molecule has 0 fully saturated rings. The van der Waals surface area contributed by atoms with Gasteiger partial charge in [0.1, 0.15) is 5.82 Å². The molecule has 0 aliphatic rings. The maximum atomic E-state index is 12.8. The molecule has 0 bridgehead atoms. The Morgan fingerprint density at radius 2 is 1.71 bits per heavy atom. The molecule has 0 aliphatic carbocycles. The lowest BCUT2D eigenvalue weighted by Gasteiger charge is -2.19. The van der Waals surface area contributed by atoms with Crippen molar-refractivity contribution in [2.75, 3.05) is 25.0 Å². The summed E-state index contributed by atoms with van der Waals surface area (Å²) in [6.45, 7) is 6.71. The fourth-order valence-electron chi connectivity index (χ4n) is 2.71.